The van der Waals surface area contributed by atoms with Crippen LogP contribution in [0.3, 0.4) is 0 Å². The fraction of sp³-hybridized carbons (Fsp3) is 0.400. The van der Waals surface area contributed by atoms with Crippen molar-refractivity contribution < 1.29 is 30.7 Å². The number of thioether (sulfide) groups is 1. The average molecular weight is 418 g/mol. The Bertz CT molecular complexity index is 452. The van der Waals surface area contributed by atoms with Crippen LogP contribution in [0.2, 0.25) is 0 Å². The zero-order valence-corrected chi connectivity index (χ0v) is 12.1. The molecule has 0 saturated heterocycles. The van der Waals surface area contributed by atoms with Crippen molar-refractivity contribution in [2.75, 3.05) is 6.26 Å². The number of benzene rings is 1. The van der Waals surface area contributed by atoms with Crippen LogP contribution in [0.25, 0.3) is 0 Å². The standard InChI is InChI=1S/C10H6F7IS/c1-19-7-4-5(2-3-6(7)18)8(11,9(12,13)14)10(15,16)17/h2-4H,1H3. The van der Waals surface area contributed by atoms with Crippen LogP contribution in [-0.2, 0) is 5.67 Å². The van der Waals surface area contributed by atoms with Crippen LogP contribution in [0.15, 0.2) is 23.1 Å². The van der Waals surface area contributed by atoms with E-state index in [0.29, 0.717) is 15.7 Å². The maximum absolute atomic E-state index is 13.7. The van der Waals surface area contributed by atoms with Crippen LogP contribution in [0.1, 0.15) is 5.56 Å². The van der Waals surface area contributed by atoms with Crippen LogP contribution < -0.4 is 0 Å². The van der Waals surface area contributed by atoms with Crippen LogP contribution in [0.5, 0.6) is 0 Å². The topological polar surface area (TPSA) is 0 Å². The predicted octanol–water partition coefficient (Wildman–Crippen LogP) is 5.30. The van der Waals surface area contributed by atoms with E-state index >= 15 is 0 Å². The van der Waals surface area contributed by atoms with E-state index in [-0.39, 0.29) is 4.90 Å². The van der Waals surface area contributed by atoms with E-state index in [1.807, 2.05) is 0 Å². The zero-order chi connectivity index (χ0) is 15.1. The van der Waals surface area contributed by atoms with Crippen molar-refractivity contribution in [1.82, 2.24) is 0 Å². The zero-order valence-electron chi connectivity index (χ0n) is 9.16. The van der Waals surface area contributed by atoms with E-state index < -0.39 is 23.6 Å². The third kappa shape index (κ3) is 2.96. The second-order valence-electron chi connectivity index (χ2n) is 3.50. The summed E-state index contributed by atoms with van der Waals surface area (Å²) in [5, 5.41) is 0. The smallest absolute Gasteiger partial charge is 0.218 e. The second kappa shape index (κ2) is 5.30. The van der Waals surface area contributed by atoms with E-state index in [0.717, 1.165) is 17.8 Å². The van der Waals surface area contributed by atoms with Gasteiger partial charge in [-0.1, -0.05) is 6.07 Å². The van der Waals surface area contributed by atoms with Gasteiger partial charge in [0.05, 0.1) is 0 Å². The van der Waals surface area contributed by atoms with Gasteiger partial charge in [-0.25, -0.2) is 4.39 Å². The molecule has 1 aromatic carbocycles. The number of rotatable bonds is 2. The van der Waals surface area contributed by atoms with Crippen molar-refractivity contribution in [3.05, 3.63) is 27.3 Å². The molecule has 0 bridgehead atoms. The molecular formula is C10H6F7IS. The molecule has 1 aromatic rings. The van der Waals surface area contributed by atoms with E-state index in [9.17, 15) is 30.7 Å². The number of hydrogen-bond donors (Lipinski definition) is 0. The lowest BCUT2D eigenvalue weighted by Crippen LogP contribution is -2.50. The first-order chi connectivity index (χ1) is 8.45. The number of hydrogen-bond acceptors (Lipinski definition) is 1. The summed E-state index contributed by atoms with van der Waals surface area (Å²) in [6.07, 6.45) is -10.7. The Morgan fingerprint density at radius 2 is 1.42 bits per heavy atom. The van der Waals surface area contributed by atoms with Gasteiger partial charge >= 0.3 is 18.0 Å². The lowest BCUT2D eigenvalue weighted by Gasteiger charge is -2.30. The van der Waals surface area contributed by atoms with Gasteiger partial charge in [-0.3, -0.25) is 0 Å². The molecule has 0 saturated carbocycles. The fourth-order valence-electron chi connectivity index (χ4n) is 1.36. The molecule has 0 spiro atoms. The van der Waals surface area contributed by atoms with Gasteiger partial charge in [0.1, 0.15) is 0 Å². The molecule has 0 N–H and O–H groups in total. The first-order valence-electron chi connectivity index (χ1n) is 4.61. The van der Waals surface area contributed by atoms with Crippen LogP contribution in [0, 0.1) is 3.57 Å². The molecule has 108 valence electrons. The molecule has 1 rings (SSSR count). The molecule has 0 aliphatic rings. The molecule has 0 unspecified atom stereocenters. The number of halogens is 8. The van der Waals surface area contributed by atoms with Gasteiger partial charge in [-0.2, -0.15) is 26.3 Å². The van der Waals surface area contributed by atoms with Gasteiger partial charge in [0.2, 0.25) is 0 Å². The number of alkyl halides is 7. The third-order valence-electron chi connectivity index (χ3n) is 2.33. The molecule has 9 heteroatoms. The predicted molar refractivity (Wildman–Crippen MR) is 65.8 cm³/mol. The minimum Gasteiger partial charge on any atom is -0.218 e. The Morgan fingerprint density at radius 1 is 0.947 bits per heavy atom. The molecule has 0 radical (unpaired) electrons. The fourth-order valence-corrected chi connectivity index (χ4v) is 2.87. The van der Waals surface area contributed by atoms with Crippen molar-refractivity contribution in [2.45, 2.75) is 22.9 Å². The quantitative estimate of drug-likeness (QED) is 0.357. The molecule has 0 nitrogen and oxygen atoms in total. The van der Waals surface area contributed by atoms with Gasteiger partial charge in [0, 0.05) is 14.0 Å². The average Bonchev–Trinajstić information content (AvgIpc) is 2.25. The molecule has 0 aliphatic heterocycles. The normalized spacial score (nSPS) is 13.7. The first kappa shape index (κ1) is 16.9. The maximum Gasteiger partial charge on any atom is 0.435 e. The van der Waals surface area contributed by atoms with Crippen molar-refractivity contribution in [1.29, 1.82) is 0 Å². The molecule has 0 atom stereocenters. The highest BCUT2D eigenvalue weighted by atomic mass is 127. The summed E-state index contributed by atoms with van der Waals surface area (Å²) in [5.41, 5.74) is -6.83. The summed E-state index contributed by atoms with van der Waals surface area (Å²) in [7, 11) is 0. The van der Waals surface area contributed by atoms with Crippen molar-refractivity contribution >= 4 is 34.4 Å². The molecule has 0 amide bonds. The van der Waals surface area contributed by atoms with Crippen molar-refractivity contribution in [2.24, 2.45) is 0 Å². The van der Waals surface area contributed by atoms with Gasteiger partial charge in [0.25, 0.3) is 0 Å². The molecule has 0 fully saturated rings. The monoisotopic (exact) mass is 418 g/mol. The molecule has 0 aliphatic carbocycles. The largest absolute Gasteiger partial charge is 0.435 e. The Kier molecular flexibility index (Phi) is 4.71. The van der Waals surface area contributed by atoms with Gasteiger partial charge in [-0.05, 0) is 41.0 Å². The van der Waals surface area contributed by atoms with Crippen LogP contribution in [-0.4, -0.2) is 18.6 Å². The molecular weight excluding hydrogens is 412 g/mol. The summed E-state index contributed by atoms with van der Waals surface area (Å²) in [4.78, 5) is 0.147. The van der Waals surface area contributed by atoms with Gasteiger partial charge in [-0.15, -0.1) is 11.8 Å². The van der Waals surface area contributed by atoms with Gasteiger partial charge < -0.3 is 0 Å². The van der Waals surface area contributed by atoms with E-state index in [1.54, 1.807) is 22.6 Å². The van der Waals surface area contributed by atoms with E-state index in [1.165, 1.54) is 6.26 Å². The van der Waals surface area contributed by atoms with E-state index in [2.05, 4.69) is 0 Å². The van der Waals surface area contributed by atoms with E-state index in [4.69, 9.17) is 0 Å². The van der Waals surface area contributed by atoms with Crippen molar-refractivity contribution in [3.63, 3.8) is 0 Å². The van der Waals surface area contributed by atoms with Crippen LogP contribution in [0.4, 0.5) is 30.7 Å². The molecule has 0 aromatic heterocycles. The lowest BCUT2D eigenvalue weighted by molar-refractivity contribution is -0.348. The Balaban J connectivity index is 3.52. The SMILES string of the molecule is CSc1cc(C(F)(C(F)(F)F)C(F)(F)F)ccc1I. The maximum atomic E-state index is 13.7. The summed E-state index contributed by atoms with van der Waals surface area (Å²) in [6.45, 7) is 0. The Morgan fingerprint density at radius 3 is 1.79 bits per heavy atom. The van der Waals surface area contributed by atoms with Gasteiger partial charge in [0.15, 0.2) is 0 Å². The Labute approximate surface area is 121 Å². The summed E-state index contributed by atoms with van der Waals surface area (Å²) >= 11 is 2.68. The van der Waals surface area contributed by atoms with Crippen molar-refractivity contribution in [3.8, 4) is 0 Å². The lowest BCUT2D eigenvalue weighted by atomic mass is 9.94. The summed E-state index contributed by atoms with van der Waals surface area (Å²) < 4.78 is 89.3. The third-order valence-corrected chi connectivity index (χ3v) is 4.41. The summed E-state index contributed by atoms with van der Waals surface area (Å²) in [5.74, 6) is 0. The minimum atomic E-state index is -6.08. The molecule has 0 heterocycles. The first-order valence-corrected chi connectivity index (χ1v) is 6.92. The molecule has 19 heavy (non-hydrogen) atoms. The Hall–Kier alpha value is -0.190. The highest BCUT2D eigenvalue weighted by Crippen LogP contribution is 2.53. The highest BCUT2D eigenvalue weighted by Gasteiger charge is 2.73. The van der Waals surface area contributed by atoms with Crippen LogP contribution >= 0.6 is 34.4 Å². The summed E-state index contributed by atoms with van der Waals surface area (Å²) in [6, 6.07) is 2.10. The second-order valence-corrected chi connectivity index (χ2v) is 5.51. The highest BCUT2D eigenvalue weighted by molar-refractivity contribution is 14.1. The minimum absolute atomic E-state index is 0.147.